The van der Waals surface area contributed by atoms with E-state index in [-0.39, 0.29) is 37.5 Å². The summed E-state index contributed by atoms with van der Waals surface area (Å²) in [6.45, 7) is 0.00338. The molecule has 1 amide bonds. The molecule has 1 fully saturated rings. The Morgan fingerprint density at radius 3 is 2.55 bits per heavy atom. The minimum absolute atomic E-state index is 0.00169. The second kappa shape index (κ2) is 7.26. The van der Waals surface area contributed by atoms with Crippen LogP contribution in [-0.4, -0.2) is 61.2 Å². The van der Waals surface area contributed by atoms with E-state index >= 15 is 0 Å². The lowest BCUT2D eigenvalue weighted by Crippen LogP contribution is -2.42. The van der Waals surface area contributed by atoms with Gasteiger partial charge in [0.05, 0.1) is 31.0 Å². The smallest absolute Gasteiger partial charge is 0.274 e. The summed E-state index contributed by atoms with van der Waals surface area (Å²) >= 11 is 0. The number of rotatable bonds is 4. The standard InChI is InChI=1S/C19H20F2N6O2/c1-25-11-15(23-12-25)16-9-14(18(28)26-7-5-19(20,21)6-8-26)24-27(16)13-3-4-17(29-2)22-10-13/h3-4,9-12H,5-8H2,1-2H3. The Morgan fingerprint density at radius 2 is 1.97 bits per heavy atom. The van der Waals surface area contributed by atoms with Crippen LogP contribution in [0.1, 0.15) is 23.3 Å². The highest BCUT2D eigenvalue weighted by Crippen LogP contribution is 2.29. The van der Waals surface area contributed by atoms with E-state index in [9.17, 15) is 13.6 Å². The number of carbonyl (C=O) groups is 1. The van der Waals surface area contributed by atoms with E-state index in [2.05, 4.69) is 15.1 Å². The molecule has 0 spiro atoms. The Balaban J connectivity index is 1.70. The predicted molar refractivity (Wildman–Crippen MR) is 100 cm³/mol. The van der Waals surface area contributed by atoms with Crippen LogP contribution >= 0.6 is 0 Å². The zero-order valence-corrected chi connectivity index (χ0v) is 16.0. The van der Waals surface area contributed by atoms with E-state index in [1.54, 1.807) is 46.2 Å². The number of hydrogen-bond donors (Lipinski definition) is 0. The first-order chi connectivity index (χ1) is 13.9. The number of imidazole rings is 1. The summed E-state index contributed by atoms with van der Waals surface area (Å²) in [5, 5.41) is 4.44. The van der Waals surface area contributed by atoms with Crippen LogP contribution in [0.3, 0.4) is 0 Å². The van der Waals surface area contributed by atoms with Crippen LogP contribution in [0.15, 0.2) is 36.9 Å². The van der Waals surface area contributed by atoms with Gasteiger partial charge in [0, 0.05) is 45.2 Å². The third-order valence-corrected chi connectivity index (χ3v) is 4.85. The van der Waals surface area contributed by atoms with Crippen LogP contribution < -0.4 is 4.74 Å². The van der Waals surface area contributed by atoms with E-state index in [0.717, 1.165) is 0 Å². The molecule has 0 saturated carbocycles. The number of likely N-dealkylation sites (tertiary alicyclic amines) is 1. The van der Waals surface area contributed by atoms with Crippen molar-refractivity contribution < 1.29 is 18.3 Å². The van der Waals surface area contributed by atoms with Gasteiger partial charge in [-0.2, -0.15) is 5.10 Å². The summed E-state index contributed by atoms with van der Waals surface area (Å²) < 4.78 is 35.3. The SMILES string of the molecule is COc1ccc(-n2nc(C(=O)N3CCC(F)(F)CC3)cc2-c2cn(C)cn2)cn1. The number of amides is 1. The van der Waals surface area contributed by atoms with E-state index in [4.69, 9.17) is 4.74 Å². The zero-order chi connectivity index (χ0) is 20.6. The highest BCUT2D eigenvalue weighted by Gasteiger charge is 2.36. The van der Waals surface area contributed by atoms with Gasteiger partial charge in [-0.05, 0) is 12.1 Å². The van der Waals surface area contributed by atoms with Crippen molar-refractivity contribution in [3.05, 3.63) is 42.6 Å². The molecule has 3 aromatic heterocycles. The molecular weight excluding hydrogens is 382 g/mol. The van der Waals surface area contributed by atoms with Gasteiger partial charge < -0.3 is 14.2 Å². The molecule has 4 rings (SSSR count). The van der Waals surface area contributed by atoms with Crippen LogP contribution in [-0.2, 0) is 7.05 Å². The van der Waals surface area contributed by atoms with Gasteiger partial charge in [0.15, 0.2) is 5.69 Å². The average Bonchev–Trinajstić information content (AvgIpc) is 3.34. The Kier molecular flexibility index (Phi) is 4.77. The molecule has 10 heteroatoms. The molecule has 1 saturated heterocycles. The minimum atomic E-state index is -2.72. The Labute approximate surface area is 165 Å². The van der Waals surface area contributed by atoms with E-state index < -0.39 is 5.92 Å². The van der Waals surface area contributed by atoms with Gasteiger partial charge in [0.1, 0.15) is 5.69 Å². The number of ether oxygens (including phenoxy) is 1. The molecular formula is C19H20F2N6O2. The van der Waals surface area contributed by atoms with Gasteiger partial charge in [0.25, 0.3) is 11.8 Å². The van der Waals surface area contributed by atoms with Gasteiger partial charge in [-0.1, -0.05) is 0 Å². The third kappa shape index (κ3) is 3.82. The lowest BCUT2D eigenvalue weighted by molar-refractivity contribution is -0.0495. The number of halogens is 2. The van der Waals surface area contributed by atoms with E-state index in [1.165, 1.54) is 12.0 Å². The van der Waals surface area contributed by atoms with Crippen LogP contribution in [0.4, 0.5) is 8.78 Å². The largest absolute Gasteiger partial charge is 0.481 e. The monoisotopic (exact) mass is 402 g/mol. The van der Waals surface area contributed by atoms with E-state index in [1.807, 2.05) is 7.05 Å². The number of carbonyl (C=O) groups excluding carboxylic acids is 1. The molecule has 1 aliphatic rings. The van der Waals surface area contributed by atoms with Crippen LogP contribution in [0.25, 0.3) is 17.1 Å². The Bertz CT molecular complexity index is 1020. The summed E-state index contributed by atoms with van der Waals surface area (Å²) in [6, 6.07) is 5.08. The summed E-state index contributed by atoms with van der Waals surface area (Å²) in [5.74, 6) is -2.65. The lowest BCUT2D eigenvalue weighted by Gasteiger charge is -2.31. The molecule has 152 valence electrons. The van der Waals surface area contributed by atoms with Crippen molar-refractivity contribution >= 4 is 5.91 Å². The summed E-state index contributed by atoms with van der Waals surface area (Å²) in [4.78, 5) is 22.8. The summed E-state index contributed by atoms with van der Waals surface area (Å²) in [6.07, 6.45) is 4.35. The summed E-state index contributed by atoms with van der Waals surface area (Å²) in [7, 11) is 3.36. The van der Waals surface area contributed by atoms with Crippen molar-refractivity contribution in [3.63, 3.8) is 0 Å². The first-order valence-electron chi connectivity index (χ1n) is 9.12. The second-order valence-corrected chi connectivity index (χ2v) is 6.96. The predicted octanol–water partition coefficient (Wildman–Crippen LogP) is 2.55. The van der Waals surface area contributed by atoms with Crippen molar-refractivity contribution in [1.29, 1.82) is 0 Å². The number of hydrogen-bond acceptors (Lipinski definition) is 5. The average molecular weight is 402 g/mol. The minimum Gasteiger partial charge on any atom is -0.481 e. The number of nitrogens with zero attached hydrogens (tertiary/aromatic N) is 6. The van der Waals surface area contributed by atoms with Gasteiger partial charge in [0.2, 0.25) is 5.88 Å². The Morgan fingerprint density at radius 1 is 1.21 bits per heavy atom. The van der Waals surface area contributed by atoms with Crippen LogP contribution in [0.5, 0.6) is 5.88 Å². The number of aromatic nitrogens is 5. The van der Waals surface area contributed by atoms with Crippen molar-refractivity contribution in [2.75, 3.05) is 20.2 Å². The van der Waals surface area contributed by atoms with E-state index in [0.29, 0.717) is 23.0 Å². The molecule has 29 heavy (non-hydrogen) atoms. The van der Waals surface area contributed by atoms with Gasteiger partial charge in [-0.15, -0.1) is 0 Å². The van der Waals surface area contributed by atoms with Gasteiger partial charge in [-0.25, -0.2) is 23.4 Å². The normalized spacial score (nSPS) is 16.1. The van der Waals surface area contributed by atoms with Crippen molar-refractivity contribution in [2.45, 2.75) is 18.8 Å². The highest BCUT2D eigenvalue weighted by molar-refractivity contribution is 5.93. The third-order valence-electron chi connectivity index (χ3n) is 4.85. The highest BCUT2D eigenvalue weighted by atomic mass is 19.3. The first-order valence-corrected chi connectivity index (χ1v) is 9.12. The molecule has 0 radical (unpaired) electrons. The Hall–Kier alpha value is -3.30. The maximum Gasteiger partial charge on any atom is 0.274 e. The molecule has 0 unspecified atom stereocenters. The quantitative estimate of drug-likeness (QED) is 0.670. The fourth-order valence-electron chi connectivity index (χ4n) is 3.23. The number of pyridine rings is 1. The maximum absolute atomic E-state index is 13.4. The number of alkyl halides is 2. The summed E-state index contributed by atoms with van der Waals surface area (Å²) in [5.41, 5.74) is 2.02. The van der Waals surface area contributed by atoms with Crippen molar-refractivity contribution in [1.82, 2.24) is 29.2 Å². The molecule has 8 nitrogen and oxygen atoms in total. The lowest BCUT2D eigenvalue weighted by atomic mass is 10.1. The number of piperidine rings is 1. The van der Waals surface area contributed by atoms with Crippen LogP contribution in [0, 0.1) is 0 Å². The maximum atomic E-state index is 13.4. The van der Waals surface area contributed by atoms with Gasteiger partial charge >= 0.3 is 0 Å². The fraction of sp³-hybridized carbons (Fsp3) is 0.368. The van der Waals surface area contributed by atoms with Crippen molar-refractivity contribution in [2.24, 2.45) is 7.05 Å². The molecule has 3 aromatic rings. The second-order valence-electron chi connectivity index (χ2n) is 6.96. The first kappa shape index (κ1) is 19.0. The topological polar surface area (TPSA) is 78.1 Å². The van der Waals surface area contributed by atoms with Crippen molar-refractivity contribution in [3.8, 4) is 23.0 Å². The molecule has 4 heterocycles. The fourth-order valence-corrected chi connectivity index (χ4v) is 3.23. The molecule has 0 N–H and O–H groups in total. The zero-order valence-electron chi connectivity index (χ0n) is 16.0. The molecule has 1 aliphatic heterocycles. The molecule has 0 aliphatic carbocycles. The molecule has 0 aromatic carbocycles. The number of aryl methyl sites for hydroxylation is 1. The van der Waals surface area contributed by atoms with Gasteiger partial charge in [-0.3, -0.25) is 4.79 Å². The van der Waals surface area contributed by atoms with Crippen LogP contribution in [0.2, 0.25) is 0 Å². The molecule has 0 bridgehead atoms. The molecule has 0 atom stereocenters. The number of methoxy groups -OCH3 is 1.